The molecule has 5 heterocycles. The maximum atomic E-state index is 13.9. The number of aryl methyl sites for hydroxylation is 2. The molecule has 3 aromatic carbocycles. The molecule has 0 bridgehead atoms. The number of nitrogens with zero attached hydrogens (tertiary/aromatic N) is 8. The average Bonchev–Trinajstić information content (AvgIpc) is 1.74. The molecule has 0 unspecified atom stereocenters. The van der Waals surface area contributed by atoms with Gasteiger partial charge in [-0.3, -0.25) is 28.7 Å². The summed E-state index contributed by atoms with van der Waals surface area (Å²) in [4.78, 5) is 60.2. The Morgan fingerprint density at radius 2 is 1.15 bits per heavy atom. The Labute approximate surface area is 528 Å². The molecule has 4 amide bonds. The fraction of sp³-hybridized carbons (Fsp3) is 0.508. The maximum absolute atomic E-state index is 13.9. The normalized spacial score (nSPS) is 13.3. The molecular formula is C63H82ClN11O13S. The van der Waals surface area contributed by atoms with Crippen LogP contribution in [0.15, 0.2) is 77.8 Å². The number of thiophene rings is 1. The topological polar surface area (TPSA) is 264 Å². The molecule has 89 heavy (non-hydrogen) atoms. The number of anilines is 1. The Morgan fingerprint density at radius 3 is 1.79 bits per heavy atom. The van der Waals surface area contributed by atoms with E-state index in [9.17, 15) is 19.2 Å². The first-order valence-corrected chi connectivity index (χ1v) is 31.5. The van der Waals surface area contributed by atoms with Gasteiger partial charge >= 0.3 is 0 Å². The lowest BCUT2D eigenvalue weighted by atomic mass is 9.95. The summed E-state index contributed by atoms with van der Waals surface area (Å²) in [7, 11) is 0. The van der Waals surface area contributed by atoms with Gasteiger partial charge in [-0.05, 0) is 57.0 Å². The summed E-state index contributed by atoms with van der Waals surface area (Å²) in [5.41, 5.74) is 8.72. The molecule has 6 aromatic rings. The molecular weight excluding hydrogens is 1190 g/mol. The molecule has 3 N–H and O–H groups in total. The molecule has 2 aliphatic rings. The summed E-state index contributed by atoms with van der Waals surface area (Å²) >= 11 is 7.89. The average molecular weight is 1270 g/mol. The lowest BCUT2D eigenvalue weighted by Gasteiger charge is -2.28. The van der Waals surface area contributed by atoms with Crippen LogP contribution in [0.3, 0.4) is 0 Å². The van der Waals surface area contributed by atoms with Crippen LogP contribution in [0.25, 0.3) is 27.5 Å². The molecule has 0 saturated heterocycles. The molecule has 480 valence electrons. The van der Waals surface area contributed by atoms with Crippen molar-refractivity contribution in [2.75, 3.05) is 143 Å². The van der Waals surface area contributed by atoms with Crippen molar-refractivity contribution in [1.82, 2.24) is 45.7 Å². The number of nitrogens with one attached hydrogen (secondary N) is 3. The number of ether oxygens (including phenoxy) is 9. The number of carbonyl (C=O) groups excluding carboxylic acids is 4. The molecule has 1 atom stereocenters. The zero-order valence-corrected chi connectivity index (χ0v) is 52.8. The molecule has 3 aromatic heterocycles. The van der Waals surface area contributed by atoms with Crippen LogP contribution in [0.5, 0.6) is 0 Å². The van der Waals surface area contributed by atoms with Crippen LogP contribution in [-0.2, 0) is 74.9 Å². The van der Waals surface area contributed by atoms with Gasteiger partial charge < -0.3 is 63.5 Å². The first-order valence-electron chi connectivity index (χ1n) is 30.3. The third-order valence-corrected chi connectivity index (χ3v) is 15.9. The fourth-order valence-electron chi connectivity index (χ4n) is 9.88. The highest BCUT2D eigenvalue weighted by Crippen LogP contribution is 2.42. The Morgan fingerprint density at radius 1 is 0.596 bits per heavy atom. The minimum absolute atomic E-state index is 0.0192. The Bertz CT molecular complexity index is 3250. The van der Waals surface area contributed by atoms with E-state index in [1.807, 2.05) is 95.9 Å². The number of benzene rings is 3. The summed E-state index contributed by atoms with van der Waals surface area (Å²) in [6.45, 7) is 16.8. The molecule has 0 spiro atoms. The number of aliphatic imine (C=N–C) groups is 1. The summed E-state index contributed by atoms with van der Waals surface area (Å²) < 4.78 is 54.1. The van der Waals surface area contributed by atoms with Crippen molar-refractivity contribution < 1.29 is 61.8 Å². The van der Waals surface area contributed by atoms with E-state index in [0.29, 0.717) is 167 Å². The number of carbonyl (C=O) groups is 4. The van der Waals surface area contributed by atoms with Gasteiger partial charge in [-0.15, -0.1) is 26.6 Å². The third-order valence-electron chi connectivity index (χ3n) is 14.5. The first-order chi connectivity index (χ1) is 43.5. The standard InChI is InChI=1S/C63H82ClN11O13S/c1-5-80-30-31-85-29-24-74-61-50-11-7-6-10-48(50)43-73(53-13-9-8-12-51(53)60(61)70-72-74)57(79)19-18-54(76)65-21-26-82-34-39-88-41-40-86-36-32-81-25-20-55(77)66-22-27-83-33-37-87-38-35-84-28-23-67-56(78)42-52-62-71-69-46(4)75(62)63-58(44(2)45(3)89-63)59(68-52)47-14-16-49(64)17-15-47/h6-17,52H,5,18-43H2,1-4H3,(H,65,76)(H,66,77)(H,67,78)/t52-/m0/s1. The Kier molecular flexibility index (Phi) is 28.1. The molecule has 0 aliphatic carbocycles. The van der Waals surface area contributed by atoms with Crippen molar-refractivity contribution in [1.29, 1.82) is 0 Å². The largest absolute Gasteiger partial charge is 0.379 e. The molecule has 24 nitrogen and oxygen atoms in total. The number of hydrogen-bond donors (Lipinski definition) is 3. The van der Waals surface area contributed by atoms with E-state index in [2.05, 4.69) is 50.3 Å². The van der Waals surface area contributed by atoms with E-state index < -0.39 is 6.04 Å². The van der Waals surface area contributed by atoms with Gasteiger partial charge in [0.1, 0.15) is 22.6 Å². The molecule has 0 radical (unpaired) electrons. The van der Waals surface area contributed by atoms with Gasteiger partial charge in [0.05, 0.1) is 149 Å². The van der Waals surface area contributed by atoms with Crippen molar-refractivity contribution in [3.63, 3.8) is 0 Å². The number of amides is 4. The van der Waals surface area contributed by atoms with Crippen LogP contribution in [-0.4, -0.2) is 198 Å². The predicted molar refractivity (Wildman–Crippen MR) is 336 cm³/mol. The van der Waals surface area contributed by atoms with E-state index in [1.54, 1.807) is 16.2 Å². The lowest BCUT2D eigenvalue weighted by molar-refractivity contribution is -0.125. The number of para-hydroxylation sites is 1. The van der Waals surface area contributed by atoms with Crippen molar-refractivity contribution in [3.8, 4) is 27.5 Å². The minimum Gasteiger partial charge on any atom is -0.379 e. The van der Waals surface area contributed by atoms with Crippen molar-refractivity contribution >= 4 is 58.0 Å². The second kappa shape index (κ2) is 36.7. The molecule has 0 saturated carbocycles. The Hall–Kier alpha value is -6.88. The number of aromatic nitrogens is 6. The number of hydrogen-bond acceptors (Lipinski definition) is 19. The molecule has 0 fully saturated rings. The van der Waals surface area contributed by atoms with E-state index in [0.717, 1.165) is 55.6 Å². The summed E-state index contributed by atoms with van der Waals surface area (Å²) in [5, 5.41) is 28.2. The molecule has 26 heteroatoms. The van der Waals surface area contributed by atoms with Crippen molar-refractivity contribution in [2.45, 2.75) is 72.5 Å². The van der Waals surface area contributed by atoms with Crippen LogP contribution in [0.2, 0.25) is 5.02 Å². The second-order valence-corrected chi connectivity index (χ2v) is 22.3. The number of rotatable bonds is 40. The van der Waals surface area contributed by atoms with Crippen LogP contribution < -0.4 is 20.9 Å². The quantitative estimate of drug-likeness (QED) is 0.0354. The first kappa shape index (κ1) is 68.0. The third kappa shape index (κ3) is 20.3. The zero-order valence-electron chi connectivity index (χ0n) is 51.3. The van der Waals surface area contributed by atoms with Gasteiger partial charge in [-0.2, -0.15) is 0 Å². The van der Waals surface area contributed by atoms with E-state index in [1.165, 1.54) is 4.88 Å². The van der Waals surface area contributed by atoms with Gasteiger partial charge in [0.2, 0.25) is 23.6 Å². The lowest BCUT2D eigenvalue weighted by Crippen LogP contribution is -2.34. The van der Waals surface area contributed by atoms with E-state index in [4.69, 9.17) is 59.2 Å². The van der Waals surface area contributed by atoms with Crippen LogP contribution >= 0.6 is 22.9 Å². The number of halogens is 1. The summed E-state index contributed by atoms with van der Waals surface area (Å²) in [5.74, 6) is 0.607. The van der Waals surface area contributed by atoms with Gasteiger partial charge in [-0.25, -0.2) is 4.68 Å². The SMILES string of the molecule is CCOCCOCCn1nnc2c1-c1ccccc1CN(C(=O)CCC(=O)NCCOCCOCCOCCOCCC(=O)NCCOCCOCCOCCNC(=O)C[C@@H]1N=C(c3ccc(Cl)cc3)c3c(sc(C)c3C)-n3c(C)nnc31)c1ccccc1-2. The maximum Gasteiger partial charge on any atom is 0.227 e. The van der Waals surface area contributed by atoms with Crippen molar-refractivity contribution in [3.05, 3.63) is 117 Å². The highest BCUT2D eigenvalue weighted by atomic mass is 35.5. The van der Waals surface area contributed by atoms with Gasteiger partial charge in [0.15, 0.2) is 5.82 Å². The zero-order chi connectivity index (χ0) is 62.6. The molecule has 8 rings (SSSR count). The minimum atomic E-state index is -0.560. The van der Waals surface area contributed by atoms with E-state index in [-0.39, 0.29) is 55.9 Å². The van der Waals surface area contributed by atoms with Crippen LogP contribution in [0, 0.1) is 20.8 Å². The fourth-order valence-corrected chi connectivity index (χ4v) is 11.2. The highest BCUT2D eigenvalue weighted by molar-refractivity contribution is 7.15. The Balaban J connectivity index is 0.576. The van der Waals surface area contributed by atoms with Gasteiger partial charge in [0.25, 0.3) is 0 Å². The van der Waals surface area contributed by atoms with Gasteiger partial charge in [-0.1, -0.05) is 71.4 Å². The smallest absolute Gasteiger partial charge is 0.227 e. The predicted octanol–water partition coefficient (Wildman–Crippen LogP) is 6.35. The second-order valence-electron chi connectivity index (χ2n) is 20.7. The summed E-state index contributed by atoms with van der Waals surface area (Å²) in [6, 6.07) is 22.6. The number of fused-ring (bicyclic) bond motifs is 8. The molecule has 2 aliphatic heterocycles. The van der Waals surface area contributed by atoms with E-state index >= 15 is 0 Å². The van der Waals surface area contributed by atoms with Crippen molar-refractivity contribution in [2.24, 2.45) is 4.99 Å². The van der Waals surface area contributed by atoms with Crippen LogP contribution in [0.1, 0.15) is 77.4 Å². The van der Waals surface area contributed by atoms with Crippen LogP contribution in [0.4, 0.5) is 5.69 Å². The van der Waals surface area contributed by atoms with Gasteiger partial charge in [0, 0.05) is 77.7 Å². The summed E-state index contributed by atoms with van der Waals surface area (Å²) in [6.07, 6.45) is 0.344. The highest BCUT2D eigenvalue weighted by Gasteiger charge is 2.33. The monoisotopic (exact) mass is 1270 g/mol.